The molecule has 0 aromatic heterocycles. The largest absolute Gasteiger partial charge is 0.376 e. The van der Waals surface area contributed by atoms with Gasteiger partial charge in [0.2, 0.25) is 21.8 Å². The van der Waals surface area contributed by atoms with Gasteiger partial charge in [-0.3, -0.25) is 9.59 Å². The zero-order valence-corrected chi connectivity index (χ0v) is 20.1. The van der Waals surface area contributed by atoms with Gasteiger partial charge in [-0.2, -0.15) is 0 Å². The Morgan fingerprint density at radius 3 is 2.36 bits per heavy atom. The number of hydrogen-bond acceptors (Lipinski definition) is 5. The van der Waals surface area contributed by atoms with Crippen molar-refractivity contribution in [3.05, 3.63) is 30.1 Å². The molecular formula is C23H34FN3O5S. The monoisotopic (exact) mass is 483 g/mol. The first kappa shape index (κ1) is 25.6. The number of nitrogens with zero attached hydrogens (tertiary/aromatic N) is 1. The highest BCUT2D eigenvalue weighted by Gasteiger charge is 2.36. The van der Waals surface area contributed by atoms with Crippen LogP contribution in [-0.4, -0.2) is 63.0 Å². The molecule has 1 heterocycles. The fourth-order valence-electron chi connectivity index (χ4n) is 4.49. The summed E-state index contributed by atoms with van der Waals surface area (Å²) in [6.07, 6.45) is 5.46. The number of benzene rings is 1. The lowest BCUT2D eigenvalue weighted by molar-refractivity contribution is -0.143. The third-order valence-corrected chi connectivity index (χ3v) is 7.64. The Labute approximate surface area is 195 Å². The minimum atomic E-state index is -4.01. The Hall–Kier alpha value is -2.04. The summed E-state index contributed by atoms with van der Waals surface area (Å²) in [5, 5.41) is 3.08. The van der Waals surface area contributed by atoms with Crippen LogP contribution in [-0.2, 0) is 24.3 Å². The lowest BCUT2D eigenvalue weighted by Gasteiger charge is -2.35. The standard InChI is InChI=1S/C23H34FN3O5S/c1-16(2)22(23(29)26-18-6-3-4-7-18)27(15-19-8-5-13-32-19)21(28)14-25-33(30,31)20-11-9-17(24)10-12-20/h9-12,16,18-19,22,25H,3-8,13-15H2,1-2H3,(H,26,29)/t19-,22-/m0/s1. The molecule has 1 aliphatic carbocycles. The number of sulfonamides is 1. The molecule has 2 N–H and O–H groups in total. The van der Waals surface area contributed by atoms with Crippen molar-refractivity contribution in [3.63, 3.8) is 0 Å². The van der Waals surface area contributed by atoms with E-state index in [1.807, 2.05) is 13.8 Å². The third-order valence-electron chi connectivity index (χ3n) is 6.22. The molecule has 3 rings (SSSR count). The fourth-order valence-corrected chi connectivity index (χ4v) is 5.47. The number of amides is 2. The summed E-state index contributed by atoms with van der Waals surface area (Å²) in [6.45, 7) is 4.06. The van der Waals surface area contributed by atoms with Crippen LogP contribution in [0.1, 0.15) is 52.4 Å². The number of hydrogen-bond donors (Lipinski definition) is 2. The van der Waals surface area contributed by atoms with Crippen molar-refractivity contribution in [2.75, 3.05) is 19.7 Å². The quantitative estimate of drug-likeness (QED) is 0.531. The number of carbonyl (C=O) groups is 2. The van der Waals surface area contributed by atoms with Gasteiger partial charge in [0.05, 0.1) is 17.5 Å². The molecule has 33 heavy (non-hydrogen) atoms. The van der Waals surface area contributed by atoms with Crippen molar-refractivity contribution in [3.8, 4) is 0 Å². The highest BCUT2D eigenvalue weighted by atomic mass is 32.2. The van der Waals surface area contributed by atoms with E-state index < -0.39 is 34.3 Å². The Morgan fingerprint density at radius 1 is 1.12 bits per heavy atom. The summed E-state index contributed by atoms with van der Waals surface area (Å²) in [6, 6.07) is 3.73. The summed E-state index contributed by atoms with van der Waals surface area (Å²) < 4.78 is 46.3. The number of nitrogens with one attached hydrogen (secondary N) is 2. The number of ether oxygens (including phenoxy) is 1. The molecule has 1 aromatic carbocycles. The van der Waals surface area contributed by atoms with Gasteiger partial charge in [-0.25, -0.2) is 17.5 Å². The molecular weight excluding hydrogens is 449 g/mol. The van der Waals surface area contributed by atoms with Gasteiger partial charge in [0, 0.05) is 19.2 Å². The first-order valence-electron chi connectivity index (χ1n) is 11.6. The molecule has 1 aromatic rings. The minimum absolute atomic E-state index is 0.107. The molecule has 2 fully saturated rings. The van der Waals surface area contributed by atoms with Gasteiger partial charge < -0.3 is 15.0 Å². The van der Waals surface area contributed by atoms with E-state index in [-0.39, 0.29) is 35.4 Å². The van der Waals surface area contributed by atoms with Gasteiger partial charge in [0.15, 0.2) is 0 Å². The predicted molar refractivity (Wildman–Crippen MR) is 121 cm³/mol. The second kappa shape index (κ2) is 11.4. The van der Waals surface area contributed by atoms with E-state index in [0.29, 0.717) is 6.61 Å². The normalized spacial score (nSPS) is 20.2. The molecule has 0 unspecified atom stereocenters. The zero-order valence-electron chi connectivity index (χ0n) is 19.3. The topological polar surface area (TPSA) is 105 Å². The van der Waals surface area contributed by atoms with Crippen LogP contribution in [0.4, 0.5) is 4.39 Å². The van der Waals surface area contributed by atoms with Crippen LogP contribution >= 0.6 is 0 Å². The lowest BCUT2D eigenvalue weighted by atomic mass is 9.99. The Bertz CT molecular complexity index is 911. The van der Waals surface area contributed by atoms with Crippen molar-refractivity contribution in [1.82, 2.24) is 14.9 Å². The summed E-state index contributed by atoms with van der Waals surface area (Å²) in [4.78, 5) is 27.8. The molecule has 8 nitrogen and oxygen atoms in total. The van der Waals surface area contributed by atoms with Crippen LogP contribution in [0.2, 0.25) is 0 Å². The summed E-state index contributed by atoms with van der Waals surface area (Å²) >= 11 is 0. The van der Waals surface area contributed by atoms with Crippen molar-refractivity contribution in [2.24, 2.45) is 5.92 Å². The maximum absolute atomic E-state index is 13.3. The average molecular weight is 484 g/mol. The maximum Gasteiger partial charge on any atom is 0.243 e. The van der Waals surface area contributed by atoms with E-state index in [1.54, 1.807) is 0 Å². The molecule has 2 amide bonds. The zero-order chi connectivity index (χ0) is 24.0. The summed E-state index contributed by atoms with van der Waals surface area (Å²) in [7, 11) is -4.01. The van der Waals surface area contributed by atoms with Crippen LogP contribution in [0.25, 0.3) is 0 Å². The molecule has 2 aliphatic rings. The second-order valence-corrected chi connectivity index (χ2v) is 10.9. The Morgan fingerprint density at radius 2 is 1.79 bits per heavy atom. The SMILES string of the molecule is CC(C)[C@@H](C(=O)NC1CCCC1)N(C[C@@H]1CCCO1)C(=O)CNS(=O)(=O)c1ccc(F)cc1. The molecule has 10 heteroatoms. The van der Waals surface area contributed by atoms with Gasteiger partial charge in [0.25, 0.3) is 0 Å². The third kappa shape index (κ3) is 6.97. The Balaban J connectivity index is 1.74. The van der Waals surface area contributed by atoms with Crippen LogP contribution in [0.5, 0.6) is 0 Å². The number of carbonyl (C=O) groups excluding carboxylic acids is 2. The Kier molecular flexibility index (Phi) is 8.83. The maximum atomic E-state index is 13.3. The molecule has 1 saturated heterocycles. The average Bonchev–Trinajstić information content (AvgIpc) is 3.46. The lowest BCUT2D eigenvalue weighted by Crippen LogP contribution is -2.57. The molecule has 0 spiro atoms. The highest BCUT2D eigenvalue weighted by molar-refractivity contribution is 7.89. The van der Waals surface area contributed by atoms with Gasteiger partial charge in [0.1, 0.15) is 11.9 Å². The first-order chi connectivity index (χ1) is 15.7. The molecule has 2 atom stereocenters. The van der Waals surface area contributed by atoms with Crippen LogP contribution in [0.3, 0.4) is 0 Å². The molecule has 1 saturated carbocycles. The van der Waals surface area contributed by atoms with Crippen LogP contribution in [0.15, 0.2) is 29.2 Å². The number of halogens is 1. The smallest absolute Gasteiger partial charge is 0.243 e. The minimum Gasteiger partial charge on any atom is -0.376 e. The first-order valence-corrected chi connectivity index (χ1v) is 13.1. The highest BCUT2D eigenvalue weighted by Crippen LogP contribution is 2.21. The number of rotatable bonds is 10. The van der Waals surface area contributed by atoms with Crippen molar-refractivity contribution < 1.29 is 27.1 Å². The van der Waals surface area contributed by atoms with Crippen LogP contribution < -0.4 is 10.0 Å². The summed E-state index contributed by atoms with van der Waals surface area (Å²) in [5.74, 6) is -1.45. The van der Waals surface area contributed by atoms with E-state index in [4.69, 9.17) is 4.74 Å². The van der Waals surface area contributed by atoms with Crippen LogP contribution in [0, 0.1) is 11.7 Å². The summed E-state index contributed by atoms with van der Waals surface area (Å²) in [5.41, 5.74) is 0. The van der Waals surface area contributed by atoms with E-state index >= 15 is 0 Å². The molecule has 184 valence electrons. The molecule has 0 bridgehead atoms. The van der Waals surface area contributed by atoms with Gasteiger partial charge in [-0.1, -0.05) is 26.7 Å². The second-order valence-electron chi connectivity index (χ2n) is 9.14. The fraction of sp³-hybridized carbons (Fsp3) is 0.652. The van der Waals surface area contributed by atoms with E-state index in [0.717, 1.165) is 62.8 Å². The predicted octanol–water partition coefficient (Wildman–Crippen LogP) is 2.20. The van der Waals surface area contributed by atoms with Gasteiger partial charge >= 0.3 is 0 Å². The molecule has 1 aliphatic heterocycles. The van der Waals surface area contributed by atoms with E-state index in [9.17, 15) is 22.4 Å². The van der Waals surface area contributed by atoms with E-state index in [2.05, 4.69) is 10.0 Å². The van der Waals surface area contributed by atoms with Gasteiger partial charge in [-0.15, -0.1) is 0 Å². The van der Waals surface area contributed by atoms with Gasteiger partial charge in [-0.05, 0) is 55.9 Å². The van der Waals surface area contributed by atoms with Crippen molar-refractivity contribution in [1.29, 1.82) is 0 Å². The van der Waals surface area contributed by atoms with Crippen molar-refractivity contribution in [2.45, 2.75) is 75.5 Å². The van der Waals surface area contributed by atoms with Crippen molar-refractivity contribution >= 4 is 21.8 Å². The van der Waals surface area contributed by atoms with E-state index in [1.165, 1.54) is 4.90 Å². The molecule has 0 radical (unpaired) electrons.